The summed E-state index contributed by atoms with van der Waals surface area (Å²) in [4.78, 5) is 15.5. The molecule has 0 spiro atoms. The molecule has 0 aliphatic carbocycles. The second-order valence-corrected chi connectivity index (χ2v) is 17.2. The number of urea groups is 1. The molecule has 63 heavy (non-hydrogen) atoms. The van der Waals surface area contributed by atoms with Gasteiger partial charge in [-0.15, -0.1) is 0 Å². The number of nitrogens with one attached hydrogen (secondary N) is 2. The van der Waals surface area contributed by atoms with Crippen molar-refractivity contribution in [1.29, 1.82) is 0 Å². The maximum absolute atomic E-state index is 12.8. The van der Waals surface area contributed by atoms with E-state index in [1.807, 2.05) is 78.9 Å². The SMILES string of the molecule is CCCCCCCCN(CCCCCCCC)C[C@H]1O[C@@H](c2ccc(-c3cccc(CNC(=O)Nc4ccc(Oc5ccccc5)cc4)c3)cc2)O[C@@H](c2ccc(CO)cc2)[C@H]1C. The van der Waals surface area contributed by atoms with Crippen LogP contribution in [0, 0.1) is 5.92 Å². The molecule has 1 saturated heterocycles. The van der Waals surface area contributed by atoms with Crippen molar-refractivity contribution in [3.8, 4) is 22.6 Å². The smallest absolute Gasteiger partial charge is 0.319 e. The monoisotopic (exact) mass is 854 g/mol. The molecular weight excluding hydrogens is 783 g/mol. The number of carbonyl (C=O) groups excluding carboxylic acids is 1. The van der Waals surface area contributed by atoms with E-state index in [9.17, 15) is 9.90 Å². The lowest BCUT2D eigenvalue weighted by Gasteiger charge is -2.43. The number of amides is 2. The summed E-state index contributed by atoms with van der Waals surface area (Å²) in [6.07, 6.45) is 14.8. The number of aliphatic hydroxyl groups is 1. The van der Waals surface area contributed by atoms with Crippen molar-refractivity contribution in [3.63, 3.8) is 0 Å². The van der Waals surface area contributed by atoms with E-state index in [0.29, 0.717) is 18.0 Å². The van der Waals surface area contributed by atoms with Crippen molar-refractivity contribution < 1.29 is 24.1 Å². The van der Waals surface area contributed by atoms with Gasteiger partial charge in [0.1, 0.15) is 11.5 Å². The van der Waals surface area contributed by atoms with Crippen LogP contribution in [0.3, 0.4) is 0 Å². The normalized spacial score (nSPS) is 17.4. The molecule has 1 heterocycles. The minimum absolute atomic E-state index is 0.0134. The van der Waals surface area contributed by atoms with Gasteiger partial charge in [0.25, 0.3) is 0 Å². The van der Waals surface area contributed by atoms with E-state index in [4.69, 9.17) is 14.2 Å². The lowest BCUT2D eigenvalue weighted by atomic mass is 9.89. The Hall–Kier alpha value is -4.99. The standard InChI is InChI=1S/C55H71N3O5/c1-4-6-8-10-12-17-36-58(37-18-13-11-9-7-5-2)40-52-42(3)53(46-26-24-43(41-59)25-27-46)63-54(62-52)47-30-28-45(29-31-47)48-21-19-20-44(38-48)39-56-55(60)57-49-32-34-51(35-33-49)61-50-22-15-14-16-23-50/h14-16,19-35,38,42,52-54,59H,4-13,17-18,36-37,39-41H2,1-3H3,(H2,56,57,60)/t42-,52+,53+,54+/m0/s1. The highest BCUT2D eigenvalue weighted by molar-refractivity contribution is 5.89. The molecule has 4 atom stereocenters. The Morgan fingerprint density at radius 2 is 1.25 bits per heavy atom. The van der Waals surface area contributed by atoms with Gasteiger partial charge in [-0.1, -0.05) is 170 Å². The van der Waals surface area contributed by atoms with E-state index in [-0.39, 0.29) is 30.8 Å². The van der Waals surface area contributed by atoms with Crippen LogP contribution in [0.2, 0.25) is 0 Å². The number of para-hydroxylation sites is 1. The average molecular weight is 854 g/mol. The van der Waals surface area contributed by atoms with Crippen molar-refractivity contribution in [3.05, 3.63) is 150 Å². The fourth-order valence-corrected chi connectivity index (χ4v) is 8.39. The highest BCUT2D eigenvalue weighted by atomic mass is 16.7. The summed E-state index contributed by atoms with van der Waals surface area (Å²) in [5.41, 5.74) is 6.80. The number of ether oxygens (including phenoxy) is 3. The molecule has 5 aromatic rings. The first kappa shape index (κ1) is 47.5. The van der Waals surface area contributed by atoms with Crippen molar-refractivity contribution in [2.75, 3.05) is 25.0 Å². The van der Waals surface area contributed by atoms with Gasteiger partial charge in [0, 0.05) is 30.3 Å². The van der Waals surface area contributed by atoms with Crippen molar-refractivity contribution in [2.45, 2.75) is 129 Å². The van der Waals surface area contributed by atoms with Gasteiger partial charge >= 0.3 is 6.03 Å². The zero-order valence-electron chi connectivity index (χ0n) is 38.0. The fraction of sp³-hybridized carbons (Fsp3) is 0.436. The van der Waals surface area contributed by atoms with Crippen molar-refractivity contribution in [1.82, 2.24) is 10.2 Å². The Kier molecular flexibility index (Phi) is 19.6. The summed E-state index contributed by atoms with van der Waals surface area (Å²) in [5, 5.41) is 15.7. The quantitative estimate of drug-likeness (QED) is 0.0507. The van der Waals surface area contributed by atoms with Gasteiger partial charge in [-0.2, -0.15) is 0 Å². The van der Waals surface area contributed by atoms with Crippen LogP contribution < -0.4 is 15.4 Å². The highest BCUT2D eigenvalue weighted by Crippen LogP contribution is 2.42. The average Bonchev–Trinajstić information content (AvgIpc) is 3.32. The fourth-order valence-electron chi connectivity index (χ4n) is 8.39. The van der Waals surface area contributed by atoms with Gasteiger partial charge in [-0.05, 0) is 96.2 Å². The largest absolute Gasteiger partial charge is 0.457 e. The number of benzene rings is 5. The van der Waals surface area contributed by atoms with E-state index >= 15 is 0 Å². The molecule has 1 fully saturated rings. The Labute approximate surface area is 377 Å². The van der Waals surface area contributed by atoms with Gasteiger partial charge in [-0.3, -0.25) is 0 Å². The number of hydrogen-bond acceptors (Lipinski definition) is 6. The first-order valence-electron chi connectivity index (χ1n) is 23.7. The first-order valence-corrected chi connectivity index (χ1v) is 23.7. The van der Waals surface area contributed by atoms with Gasteiger partial charge in [0.05, 0.1) is 18.8 Å². The van der Waals surface area contributed by atoms with E-state index in [2.05, 4.69) is 84.8 Å². The molecule has 0 aromatic heterocycles. The lowest BCUT2D eigenvalue weighted by Crippen LogP contribution is -2.45. The van der Waals surface area contributed by atoms with E-state index in [1.54, 1.807) is 0 Å². The Balaban J connectivity index is 1.09. The number of anilines is 1. The predicted molar refractivity (Wildman–Crippen MR) is 257 cm³/mol. The molecule has 0 saturated carbocycles. The summed E-state index contributed by atoms with van der Waals surface area (Å²) in [6.45, 7) is 10.3. The van der Waals surface area contributed by atoms with E-state index < -0.39 is 6.29 Å². The summed E-state index contributed by atoms with van der Waals surface area (Å²) in [7, 11) is 0. The van der Waals surface area contributed by atoms with Crippen LogP contribution in [0.5, 0.6) is 11.5 Å². The van der Waals surface area contributed by atoms with Crippen LogP contribution in [-0.2, 0) is 22.6 Å². The Morgan fingerprint density at radius 1 is 0.635 bits per heavy atom. The molecule has 8 nitrogen and oxygen atoms in total. The molecule has 5 aromatic carbocycles. The van der Waals surface area contributed by atoms with Gasteiger partial charge in [0.15, 0.2) is 6.29 Å². The Bertz CT molecular complexity index is 2020. The molecule has 8 heteroatoms. The van der Waals surface area contributed by atoms with Crippen LogP contribution in [0.15, 0.2) is 127 Å². The molecule has 6 rings (SSSR count). The van der Waals surface area contributed by atoms with Crippen LogP contribution >= 0.6 is 0 Å². The summed E-state index contributed by atoms with van der Waals surface area (Å²) >= 11 is 0. The van der Waals surface area contributed by atoms with Crippen LogP contribution in [0.25, 0.3) is 11.1 Å². The maximum atomic E-state index is 12.8. The van der Waals surface area contributed by atoms with E-state index in [1.165, 1.54) is 77.0 Å². The number of aliphatic hydroxyl groups excluding tert-OH is 1. The maximum Gasteiger partial charge on any atom is 0.319 e. The second kappa shape index (κ2) is 26.0. The zero-order chi connectivity index (χ0) is 44.1. The predicted octanol–water partition coefficient (Wildman–Crippen LogP) is 13.8. The summed E-state index contributed by atoms with van der Waals surface area (Å²) in [5.74, 6) is 1.59. The molecule has 0 bridgehead atoms. The molecule has 1 aliphatic rings. The lowest BCUT2D eigenvalue weighted by molar-refractivity contribution is -0.276. The van der Waals surface area contributed by atoms with Crippen LogP contribution in [0.1, 0.15) is 132 Å². The minimum atomic E-state index is -0.519. The van der Waals surface area contributed by atoms with Gasteiger partial charge < -0.3 is 34.9 Å². The first-order chi connectivity index (χ1) is 30.9. The topological polar surface area (TPSA) is 92.3 Å². The van der Waals surface area contributed by atoms with E-state index in [0.717, 1.165) is 58.8 Å². The third-order valence-electron chi connectivity index (χ3n) is 12.2. The van der Waals surface area contributed by atoms with Crippen molar-refractivity contribution >= 4 is 11.7 Å². The number of hydrogen-bond donors (Lipinski definition) is 3. The van der Waals surface area contributed by atoms with Crippen LogP contribution in [-0.4, -0.2) is 41.8 Å². The summed E-state index contributed by atoms with van der Waals surface area (Å²) in [6, 6.07) is 41.6. The van der Waals surface area contributed by atoms with Crippen LogP contribution in [0.4, 0.5) is 10.5 Å². The van der Waals surface area contributed by atoms with Crippen molar-refractivity contribution in [2.24, 2.45) is 5.92 Å². The molecule has 0 radical (unpaired) electrons. The number of carbonyl (C=O) groups is 1. The number of unbranched alkanes of at least 4 members (excludes halogenated alkanes) is 10. The third-order valence-corrected chi connectivity index (χ3v) is 12.2. The second-order valence-electron chi connectivity index (χ2n) is 17.2. The Morgan fingerprint density at radius 3 is 1.90 bits per heavy atom. The molecule has 0 unspecified atom stereocenters. The molecule has 3 N–H and O–H groups in total. The molecule has 336 valence electrons. The number of rotatable bonds is 25. The van der Waals surface area contributed by atoms with Gasteiger partial charge in [0.2, 0.25) is 0 Å². The molecule has 1 aliphatic heterocycles. The number of nitrogens with zero attached hydrogens (tertiary/aromatic N) is 1. The zero-order valence-corrected chi connectivity index (χ0v) is 38.0. The summed E-state index contributed by atoms with van der Waals surface area (Å²) < 4.78 is 19.7. The third kappa shape index (κ3) is 15.4. The molecule has 2 amide bonds. The van der Waals surface area contributed by atoms with Gasteiger partial charge in [-0.25, -0.2) is 4.79 Å². The highest BCUT2D eigenvalue weighted by Gasteiger charge is 2.39. The molecular formula is C55H71N3O5. The minimum Gasteiger partial charge on any atom is -0.457 e.